The molecule has 2 N–H and O–H groups in total. The SMILES string of the molecule is Cc1[nH]c2ccccc2c1SCCNC(=O)COc1ccc(Cl)cc1. The average Bonchev–Trinajstić information content (AvgIpc) is 2.93. The van der Waals surface area contributed by atoms with Gasteiger partial charge in [-0.3, -0.25) is 4.79 Å². The minimum atomic E-state index is -0.133. The second-order valence-corrected chi connectivity index (χ2v) is 7.11. The van der Waals surface area contributed by atoms with Gasteiger partial charge in [0.15, 0.2) is 6.61 Å². The summed E-state index contributed by atoms with van der Waals surface area (Å²) in [7, 11) is 0. The normalized spacial score (nSPS) is 10.8. The molecule has 0 atom stereocenters. The molecule has 1 aromatic heterocycles. The summed E-state index contributed by atoms with van der Waals surface area (Å²) in [5.41, 5.74) is 2.30. The number of nitrogens with one attached hydrogen (secondary N) is 2. The fourth-order valence-electron chi connectivity index (χ4n) is 2.51. The number of hydrogen-bond donors (Lipinski definition) is 2. The number of carbonyl (C=O) groups excluding carboxylic acids is 1. The second-order valence-electron chi connectivity index (χ2n) is 5.57. The zero-order chi connectivity index (χ0) is 17.6. The number of aromatic nitrogens is 1. The highest BCUT2D eigenvalue weighted by Crippen LogP contribution is 2.30. The summed E-state index contributed by atoms with van der Waals surface area (Å²) >= 11 is 7.55. The van der Waals surface area contributed by atoms with Gasteiger partial charge in [0.25, 0.3) is 5.91 Å². The number of hydrogen-bond acceptors (Lipinski definition) is 3. The van der Waals surface area contributed by atoms with Crippen LogP contribution in [0.1, 0.15) is 5.69 Å². The van der Waals surface area contributed by atoms with Gasteiger partial charge < -0.3 is 15.0 Å². The summed E-state index contributed by atoms with van der Waals surface area (Å²) in [6, 6.07) is 15.2. The lowest BCUT2D eigenvalue weighted by Crippen LogP contribution is -2.30. The smallest absolute Gasteiger partial charge is 0.257 e. The highest BCUT2D eigenvalue weighted by atomic mass is 35.5. The van der Waals surface area contributed by atoms with Crippen LogP contribution in [0.2, 0.25) is 5.02 Å². The molecule has 1 heterocycles. The molecule has 130 valence electrons. The number of thioether (sulfide) groups is 1. The number of amides is 1. The molecule has 0 aliphatic rings. The maximum Gasteiger partial charge on any atom is 0.257 e. The first kappa shape index (κ1) is 17.7. The number of para-hydroxylation sites is 1. The predicted molar refractivity (Wildman–Crippen MR) is 104 cm³/mol. The quantitative estimate of drug-likeness (QED) is 0.475. The zero-order valence-corrected chi connectivity index (χ0v) is 15.4. The second kappa shape index (κ2) is 8.32. The van der Waals surface area contributed by atoms with Crippen molar-refractivity contribution >= 4 is 40.2 Å². The Hall–Kier alpha value is -2.11. The van der Waals surface area contributed by atoms with Crippen molar-refractivity contribution in [1.82, 2.24) is 10.3 Å². The number of benzene rings is 2. The molecule has 0 aliphatic heterocycles. The Kier molecular flexibility index (Phi) is 5.89. The Labute approximate surface area is 155 Å². The van der Waals surface area contributed by atoms with Gasteiger partial charge in [-0.15, -0.1) is 11.8 Å². The van der Waals surface area contributed by atoms with Gasteiger partial charge in [-0.1, -0.05) is 29.8 Å². The number of carbonyl (C=O) groups is 1. The molecule has 0 bridgehead atoms. The monoisotopic (exact) mass is 374 g/mol. The third kappa shape index (κ3) is 4.71. The maximum atomic E-state index is 11.8. The molecular formula is C19H19ClN2O2S. The van der Waals surface area contributed by atoms with E-state index in [0.29, 0.717) is 17.3 Å². The molecule has 6 heteroatoms. The van der Waals surface area contributed by atoms with Crippen LogP contribution in [-0.2, 0) is 4.79 Å². The highest BCUT2D eigenvalue weighted by Gasteiger charge is 2.08. The molecule has 3 rings (SSSR count). The third-order valence-corrected chi connectivity index (χ3v) is 5.16. The van der Waals surface area contributed by atoms with E-state index in [-0.39, 0.29) is 12.5 Å². The molecule has 0 aliphatic carbocycles. The van der Waals surface area contributed by atoms with E-state index in [1.54, 1.807) is 36.0 Å². The van der Waals surface area contributed by atoms with Crippen molar-refractivity contribution in [3.8, 4) is 5.75 Å². The van der Waals surface area contributed by atoms with Crippen molar-refractivity contribution in [3.05, 3.63) is 59.2 Å². The average molecular weight is 375 g/mol. The van der Waals surface area contributed by atoms with Crippen molar-refractivity contribution in [2.75, 3.05) is 18.9 Å². The lowest BCUT2D eigenvalue weighted by molar-refractivity contribution is -0.122. The summed E-state index contributed by atoms with van der Waals surface area (Å²) in [5.74, 6) is 1.30. The van der Waals surface area contributed by atoms with Gasteiger partial charge in [-0.2, -0.15) is 0 Å². The minimum Gasteiger partial charge on any atom is -0.484 e. The van der Waals surface area contributed by atoms with Crippen LogP contribution in [0.4, 0.5) is 0 Å². The van der Waals surface area contributed by atoms with Crippen LogP contribution in [0.3, 0.4) is 0 Å². The molecule has 0 fully saturated rings. The largest absolute Gasteiger partial charge is 0.484 e. The number of halogens is 1. The van der Waals surface area contributed by atoms with E-state index >= 15 is 0 Å². The first-order chi connectivity index (χ1) is 12.1. The highest BCUT2D eigenvalue weighted by molar-refractivity contribution is 7.99. The molecular weight excluding hydrogens is 356 g/mol. The minimum absolute atomic E-state index is 0.00158. The van der Waals surface area contributed by atoms with Crippen molar-refractivity contribution in [2.45, 2.75) is 11.8 Å². The fourth-order valence-corrected chi connectivity index (χ4v) is 3.65. The van der Waals surface area contributed by atoms with E-state index in [1.165, 1.54) is 10.3 Å². The maximum absolute atomic E-state index is 11.8. The summed E-state index contributed by atoms with van der Waals surface area (Å²) in [6.07, 6.45) is 0. The Balaban J connectivity index is 1.42. The third-order valence-electron chi connectivity index (χ3n) is 3.69. The van der Waals surface area contributed by atoms with Crippen LogP contribution in [0.15, 0.2) is 53.4 Å². The van der Waals surface area contributed by atoms with Crippen molar-refractivity contribution < 1.29 is 9.53 Å². The number of aryl methyl sites for hydroxylation is 1. The van der Waals surface area contributed by atoms with Crippen molar-refractivity contribution in [2.24, 2.45) is 0 Å². The molecule has 0 saturated carbocycles. The van der Waals surface area contributed by atoms with Crippen LogP contribution in [0.5, 0.6) is 5.75 Å². The topological polar surface area (TPSA) is 54.1 Å². The van der Waals surface area contributed by atoms with Crippen LogP contribution in [0.25, 0.3) is 10.9 Å². The summed E-state index contributed by atoms with van der Waals surface area (Å²) < 4.78 is 5.42. The molecule has 3 aromatic rings. The summed E-state index contributed by atoms with van der Waals surface area (Å²) in [4.78, 5) is 16.5. The van der Waals surface area contributed by atoms with Gasteiger partial charge in [0.2, 0.25) is 0 Å². The van der Waals surface area contributed by atoms with E-state index in [1.807, 2.05) is 12.1 Å². The van der Waals surface area contributed by atoms with Crippen molar-refractivity contribution in [1.29, 1.82) is 0 Å². The van der Waals surface area contributed by atoms with Crippen molar-refractivity contribution in [3.63, 3.8) is 0 Å². The van der Waals surface area contributed by atoms with Crippen LogP contribution >= 0.6 is 23.4 Å². The van der Waals surface area contributed by atoms with E-state index in [0.717, 1.165) is 17.0 Å². The predicted octanol–water partition coefficient (Wildman–Crippen LogP) is 4.42. The molecule has 0 unspecified atom stereocenters. The van der Waals surface area contributed by atoms with E-state index in [2.05, 4.69) is 29.4 Å². The Morgan fingerprint density at radius 1 is 1.20 bits per heavy atom. The summed E-state index contributed by atoms with van der Waals surface area (Å²) in [6.45, 7) is 2.66. The zero-order valence-electron chi connectivity index (χ0n) is 13.8. The van der Waals surface area contributed by atoms with E-state index < -0.39 is 0 Å². The van der Waals surface area contributed by atoms with E-state index in [4.69, 9.17) is 16.3 Å². The molecule has 0 spiro atoms. The standard InChI is InChI=1S/C19H19ClN2O2S/c1-13-19(16-4-2-3-5-17(16)22-13)25-11-10-21-18(23)12-24-15-8-6-14(20)7-9-15/h2-9,22H,10-12H2,1H3,(H,21,23). The van der Waals surface area contributed by atoms with Gasteiger partial charge in [0, 0.05) is 38.8 Å². The number of fused-ring (bicyclic) bond motifs is 1. The lowest BCUT2D eigenvalue weighted by atomic mass is 10.2. The molecule has 0 radical (unpaired) electrons. The molecule has 2 aromatic carbocycles. The molecule has 0 saturated heterocycles. The number of H-pyrrole nitrogens is 1. The van der Waals surface area contributed by atoms with Gasteiger partial charge >= 0.3 is 0 Å². The van der Waals surface area contributed by atoms with Gasteiger partial charge in [0.1, 0.15) is 5.75 Å². The first-order valence-electron chi connectivity index (χ1n) is 7.98. The molecule has 4 nitrogen and oxygen atoms in total. The molecule has 25 heavy (non-hydrogen) atoms. The van der Waals surface area contributed by atoms with Crippen LogP contribution in [0, 0.1) is 6.92 Å². The number of aromatic amines is 1. The Morgan fingerprint density at radius 3 is 2.76 bits per heavy atom. The van der Waals surface area contributed by atoms with Gasteiger partial charge in [-0.05, 0) is 37.3 Å². The summed E-state index contributed by atoms with van der Waals surface area (Å²) in [5, 5.41) is 4.74. The fraction of sp³-hybridized carbons (Fsp3) is 0.211. The lowest BCUT2D eigenvalue weighted by Gasteiger charge is -2.07. The van der Waals surface area contributed by atoms with Crippen LogP contribution in [-0.4, -0.2) is 29.8 Å². The Morgan fingerprint density at radius 2 is 1.96 bits per heavy atom. The molecule has 1 amide bonds. The van der Waals surface area contributed by atoms with Gasteiger partial charge in [-0.25, -0.2) is 0 Å². The first-order valence-corrected chi connectivity index (χ1v) is 9.35. The van der Waals surface area contributed by atoms with Crippen LogP contribution < -0.4 is 10.1 Å². The Bertz CT molecular complexity index is 861. The van der Waals surface area contributed by atoms with Gasteiger partial charge in [0.05, 0.1) is 0 Å². The number of ether oxygens (including phenoxy) is 1. The van der Waals surface area contributed by atoms with E-state index in [9.17, 15) is 4.79 Å². The number of rotatable bonds is 7.